The van der Waals surface area contributed by atoms with E-state index in [-0.39, 0.29) is 0 Å². The predicted molar refractivity (Wildman–Crippen MR) is 58.5 cm³/mol. The van der Waals surface area contributed by atoms with Crippen LogP contribution in [0.3, 0.4) is 0 Å². The van der Waals surface area contributed by atoms with Gasteiger partial charge in [-0.2, -0.15) is 22.2 Å². The Morgan fingerprint density at radius 3 is 2.58 bits per heavy atom. The molecule has 1 nitrogen and oxygen atoms in total. The predicted octanol–water partition coefficient (Wildman–Crippen LogP) is 2.91. The molecule has 0 aliphatic rings. The van der Waals surface area contributed by atoms with Crippen molar-refractivity contribution in [1.82, 2.24) is 0 Å². The molecular weight excluding hydrogens is 211 g/mol. The highest BCUT2D eigenvalue weighted by molar-refractivity contribution is 7.33. The molecule has 0 radical (unpaired) electrons. The van der Waals surface area contributed by atoms with E-state index in [0.717, 1.165) is 18.2 Å². The zero-order valence-electron chi connectivity index (χ0n) is 7.65. The molecule has 0 heterocycles. The summed E-state index contributed by atoms with van der Waals surface area (Å²) in [6.07, 6.45) is 0. The van der Waals surface area contributed by atoms with Crippen molar-refractivity contribution >= 4 is 29.6 Å². The van der Waals surface area contributed by atoms with E-state index in [1.165, 1.54) is 0 Å². The van der Waals surface area contributed by atoms with Gasteiger partial charge in [0.25, 0.3) is 0 Å². The average molecular weight is 227 g/mol. The van der Waals surface area contributed by atoms with E-state index in [1.54, 1.807) is 0 Å². The van der Waals surface area contributed by atoms with E-state index in [9.17, 15) is 0 Å². The summed E-state index contributed by atoms with van der Waals surface area (Å²) in [6.45, 7) is 9.17. The van der Waals surface area contributed by atoms with E-state index in [2.05, 4.69) is 13.5 Å². The minimum atomic E-state index is -1.45. The van der Waals surface area contributed by atoms with E-state index in [4.69, 9.17) is 26.9 Å². The second-order valence-electron chi connectivity index (χ2n) is 3.20. The molecule has 0 N–H and O–H groups in total. The maximum atomic E-state index is 5.75. The first-order valence-corrected chi connectivity index (χ1v) is 8.33. The lowest BCUT2D eigenvalue weighted by Gasteiger charge is -2.11. The minimum absolute atomic E-state index is 0.469. The fourth-order valence-electron chi connectivity index (χ4n) is 0.807. The Labute approximate surface area is 85.7 Å². The average Bonchev–Trinajstić information content (AvgIpc) is 1.84. The fraction of sp³-hybridized carbons (Fsp3) is 0.750. The first-order chi connectivity index (χ1) is 5.52. The lowest BCUT2D eigenvalue weighted by Crippen LogP contribution is -2.10. The molecule has 0 spiro atoms. The van der Waals surface area contributed by atoms with Crippen LogP contribution in [0.2, 0.25) is 6.04 Å². The van der Waals surface area contributed by atoms with Gasteiger partial charge in [0.1, 0.15) is 0 Å². The second-order valence-corrected chi connectivity index (χ2v) is 8.29. The number of halogens is 2. The van der Waals surface area contributed by atoms with Gasteiger partial charge in [-0.1, -0.05) is 19.1 Å². The van der Waals surface area contributed by atoms with Crippen molar-refractivity contribution in [2.75, 3.05) is 13.2 Å². The van der Waals surface area contributed by atoms with Crippen LogP contribution in [-0.2, 0) is 4.74 Å². The van der Waals surface area contributed by atoms with Crippen LogP contribution in [-0.4, -0.2) is 20.6 Å². The van der Waals surface area contributed by atoms with Crippen LogP contribution < -0.4 is 0 Å². The number of rotatable bonds is 6. The topological polar surface area (TPSA) is 9.23 Å². The normalized spacial score (nSPS) is 13.4. The molecule has 0 aliphatic heterocycles. The molecule has 0 fully saturated rings. The highest BCUT2D eigenvalue weighted by Gasteiger charge is 2.09. The van der Waals surface area contributed by atoms with Crippen molar-refractivity contribution < 1.29 is 4.74 Å². The van der Waals surface area contributed by atoms with Gasteiger partial charge in [0.2, 0.25) is 7.42 Å². The van der Waals surface area contributed by atoms with Crippen molar-refractivity contribution in [1.29, 1.82) is 0 Å². The molecule has 0 amide bonds. The smallest absolute Gasteiger partial charge is 0.237 e. The summed E-state index contributed by atoms with van der Waals surface area (Å²) in [5.41, 5.74) is 1.05. The summed E-state index contributed by atoms with van der Waals surface area (Å²) in [6, 6.07) is 0.916. The van der Waals surface area contributed by atoms with Crippen molar-refractivity contribution in [3.8, 4) is 0 Å². The van der Waals surface area contributed by atoms with E-state index < -0.39 is 7.42 Å². The summed E-state index contributed by atoms with van der Waals surface area (Å²) in [5, 5.41) is 0. The molecule has 0 saturated carbocycles. The molecule has 1 atom stereocenters. The van der Waals surface area contributed by atoms with Gasteiger partial charge in [0.15, 0.2) is 0 Å². The Hall–Kier alpha value is 0.497. The molecule has 1 unspecified atom stereocenters. The van der Waals surface area contributed by atoms with Gasteiger partial charge in [-0.15, -0.1) is 0 Å². The maximum absolute atomic E-state index is 5.75. The van der Waals surface area contributed by atoms with Gasteiger partial charge in [-0.3, -0.25) is 0 Å². The van der Waals surface area contributed by atoms with Crippen molar-refractivity contribution in [3.05, 3.63) is 12.2 Å². The third-order valence-electron chi connectivity index (χ3n) is 1.33. The first kappa shape index (κ1) is 12.5. The number of hydrogen-bond acceptors (Lipinski definition) is 1. The highest BCUT2D eigenvalue weighted by Crippen LogP contribution is 2.12. The third-order valence-corrected chi connectivity index (χ3v) is 3.56. The maximum Gasteiger partial charge on any atom is 0.237 e. The van der Waals surface area contributed by atoms with Crippen LogP contribution in [0.5, 0.6) is 0 Å². The van der Waals surface area contributed by atoms with Crippen LogP contribution in [0.25, 0.3) is 0 Å². The molecule has 4 heteroatoms. The van der Waals surface area contributed by atoms with Gasteiger partial charge in [0, 0.05) is 6.61 Å². The summed E-state index contributed by atoms with van der Waals surface area (Å²) in [5.74, 6) is 0.469. The standard InChI is InChI=1S/C8H16Cl2OSi/c1-7(2)4-11-5-8(3)6-12(9)10/h8,12H,1,4-6H2,2-3H3. The Kier molecular flexibility index (Phi) is 7.24. The highest BCUT2D eigenvalue weighted by atomic mass is 35.7. The van der Waals surface area contributed by atoms with Crippen molar-refractivity contribution in [2.24, 2.45) is 5.92 Å². The van der Waals surface area contributed by atoms with Crippen LogP contribution >= 0.6 is 22.2 Å². The van der Waals surface area contributed by atoms with E-state index in [1.807, 2.05) is 6.92 Å². The molecule has 0 aromatic heterocycles. The number of hydrogen-bond donors (Lipinski definition) is 0. The lowest BCUT2D eigenvalue weighted by atomic mass is 10.2. The molecule has 0 aliphatic carbocycles. The molecular formula is C8H16Cl2OSi. The third kappa shape index (κ3) is 8.59. The van der Waals surface area contributed by atoms with Gasteiger partial charge in [-0.05, 0) is 18.9 Å². The second kappa shape index (κ2) is 6.95. The van der Waals surface area contributed by atoms with Gasteiger partial charge in [-0.25, -0.2) is 0 Å². The molecule has 72 valence electrons. The van der Waals surface area contributed by atoms with Crippen LogP contribution in [0.15, 0.2) is 12.2 Å². The monoisotopic (exact) mass is 226 g/mol. The summed E-state index contributed by atoms with van der Waals surface area (Å²) in [4.78, 5) is 0. The molecule has 0 aromatic carbocycles. The number of ether oxygens (including phenoxy) is 1. The summed E-state index contributed by atoms with van der Waals surface area (Å²) < 4.78 is 5.36. The SMILES string of the molecule is C=C(C)COCC(C)C[SiH](Cl)Cl. The van der Waals surface area contributed by atoms with Gasteiger partial charge >= 0.3 is 0 Å². The summed E-state index contributed by atoms with van der Waals surface area (Å²) >= 11 is 11.5. The Bertz CT molecular complexity index is 139. The molecule has 0 rings (SSSR count). The van der Waals surface area contributed by atoms with Crippen LogP contribution in [0.4, 0.5) is 0 Å². The van der Waals surface area contributed by atoms with Crippen molar-refractivity contribution in [3.63, 3.8) is 0 Å². The van der Waals surface area contributed by atoms with Gasteiger partial charge in [0.05, 0.1) is 6.61 Å². The van der Waals surface area contributed by atoms with E-state index in [0.29, 0.717) is 12.5 Å². The fourth-order valence-corrected chi connectivity index (χ4v) is 3.38. The Morgan fingerprint density at radius 1 is 1.58 bits per heavy atom. The Morgan fingerprint density at radius 2 is 2.17 bits per heavy atom. The van der Waals surface area contributed by atoms with Crippen molar-refractivity contribution in [2.45, 2.75) is 19.9 Å². The molecule has 12 heavy (non-hydrogen) atoms. The Balaban J connectivity index is 3.31. The van der Waals surface area contributed by atoms with Gasteiger partial charge < -0.3 is 4.74 Å². The minimum Gasteiger partial charge on any atom is -0.377 e. The zero-order chi connectivity index (χ0) is 9.56. The molecule has 0 bridgehead atoms. The quantitative estimate of drug-likeness (QED) is 0.385. The summed E-state index contributed by atoms with van der Waals surface area (Å²) in [7, 11) is -1.45. The zero-order valence-corrected chi connectivity index (χ0v) is 10.3. The molecule has 0 saturated heterocycles. The largest absolute Gasteiger partial charge is 0.377 e. The lowest BCUT2D eigenvalue weighted by molar-refractivity contribution is 0.129. The van der Waals surface area contributed by atoms with Crippen LogP contribution in [0, 0.1) is 5.92 Å². The van der Waals surface area contributed by atoms with Crippen LogP contribution in [0.1, 0.15) is 13.8 Å². The molecule has 0 aromatic rings. The first-order valence-electron chi connectivity index (χ1n) is 4.02. The van der Waals surface area contributed by atoms with E-state index >= 15 is 0 Å².